The molecule has 15 heavy (non-hydrogen) atoms. The van der Waals surface area contributed by atoms with Crippen LogP contribution in [0.2, 0.25) is 0 Å². The molecule has 0 saturated carbocycles. The summed E-state index contributed by atoms with van der Waals surface area (Å²) in [6, 6.07) is 3.67. The van der Waals surface area contributed by atoms with Crippen molar-refractivity contribution < 1.29 is 4.42 Å². The van der Waals surface area contributed by atoms with Crippen LogP contribution in [0.4, 0.5) is 0 Å². The maximum Gasteiger partial charge on any atom is 0.156 e. The number of hydrazone groups is 2. The van der Waals surface area contributed by atoms with Crippen LogP contribution in [-0.4, -0.2) is 12.7 Å². The van der Waals surface area contributed by atoms with Gasteiger partial charge in [0.1, 0.15) is 0 Å². The molecule has 1 heterocycles. The monoisotopic (exact) mass is 212 g/mol. The van der Waals surface area contributed by atoms with Gasteiger partial charge in [-0.2, -0.15) is 10.2 Å². The van der Waals surface area contributed by atoms with Crippen LogP contribution in [0, 0.1) is 11.1 Å². The van der Waals surface area contributed by atoms with E-state index in [9.17, 15) is 0 Å². The highest BCUT2D eigenvalue weighted by Crippen LogP contribution is 1.79. The molecule has 0 spiro atoms. The van der Waals surface area contributed by atoms with E-state index in [1.807, 2.05) is 12.1 Å². The molecule has 9 nitrogen and oxygen atoms in total. The zero-order valence-corrected chi connectivity index (χ0v) is 7.82. The molecule has 0 aliphatic rings. The molecule has 0 unspecified atom stereocenters. The molecule has 0 aliphatic heterocycles. The molecule has 0 aliphatic carbocycles. The second-order valence-electron chi connectivity index (χ2n) is 1.58. The van der Waals surface area contributed by atoms with E-state index in [0.717, 1.165) is 12.7 Å². The van der Waals surface area contributed by atoms with E-state index < -0.39 is 0 Å². The topological polar surface area (TPSA) is 162 Å². The summed E-state index contributed by atoms with van der Waals surface area (Å²) in [5, 5.41) is 11.1. The number of hydrogen-bond donors (Lipinski definition) is 4. The Hall–Kier alpha value is -2.58. The lowest BCUT2D eigenvalue weighted by Crippen LogP contribution is -1.75. The summed E-state index contributed by atoms with van der Waals surface area (Å²) < 4.78 is 4.58. The standard InChI is InChI=1S/C4H4O.2CH4N4/c1-2-4-5-3-1;2*2-4-1-5-3/h1-4H;2*1-2H,3H2. The van der Waals surface area contributed by atoms with Crippen molar-refractivity contribution in [3.8, 4) is 0 Å². The van der Waals surface area contributed by atoms with Crippen molar-refractivity contribution in [3.05, 3.63) is 24.7 Å². The summed E-state index contributed by atoms with van der Waals surface area (Å²) in [4.78, 5) is 0. The summed E-state index contributed by atoms with van der Waals surface area (Å²) in [5.74, 6) is 8.99. The maximum absolute atomic E-state index is 6.00. The SMILES string of the molecule is N=NC=NN.N=NC=NN.c1ccoc1. The van der Waals surface area contributed by atoms with Gasteiger partial charge in [-0.25, -0.2) is 11.1 Å². The van der Waals surface area contributed by atoms with Crippen molar-refractivity contribution >= 4 is 12.7 Å². The molecule has 0 aromatic carbocycles. The van der Waals surface area contributed by atoms with Gasteiger partial charge in [-0.15, -0.1) is 10.2 Å². The minimum absolute atomic E-state index is 0.944. The molecular weight excluding hydrogens is 200 g/mol. The molecule has 0 radical (unpaired) electrons. The van der Waals surface area contributed by atoms with Gasteiger partial charge in [0.25, 0.3) is 0 Å². The lowest BCUT2D eigenvalue weighted by Gasteiger charge is -1.58. The Morgan fingerprint density at radius 3 is 1.40 bits per heavy atom. The van der Waals surface area contributed by atoms with Gasteiger partial charge >= 0.3 is 0 Å². The molecule has 0 fully saturated rings. The quantitative estimate of drug-likeness (QED) is 0.190. The van der Waals surface area contributed by atoms with Gasteiger partial charge in [-0.1, -0.05) is 0 Å². The van der Waals surface area contributed by atoms with Gasteiger partial charge in [0.2, 0.25) is 0 Å². The lowest BCUT2D eigenvalue weighted by molar-refractivity contribution is 0.567. The van der Waals surface area contributed by atoms with Gasteiger partial charge in [0, 0.05) is 0 Å². The van der Waals surface area contributed by atoms with Gasteiger partial charge in [-0.3, -0.25) is 0 Å². The number of nitrogens with one attached hydrogen (secondary N) is 2. The second kappa shape index (κ2) is 17.5. The van der Waals surface area contributed by atoms with Crippen LogP contribution >= 0.6 is 0 Å². The average molecular weight is 212 g/mol. The fourth-order valence-electron chi connectivity index (χ4n) is 0.293. The third-order valence-corrected chi connectivity index (χ3v) is 0.674. The Labute approximate surface area is 85.9 Å². The highest BCUT2D eigenvalue weighted by molar-refractivity contribution is 5.53. The Balaban J connectivity index is 0. The van der Waals surface area contributed by atoms with Gasteiger partial charge in [0.15, 0.2) is 12.7 Å². The zero-order valence-electron chi connectivity index (χ0n) is 7.82. The molecule has 1 aromatic heterocycles. The summed E-state index contributed by atoms with van der Waals surface area (Å²) in [5.41, 5.74) is 12.0. The number of hydrogen-bond acceptors (Lipinski definition) is 7. The predicted molar refractivity (Wildman–Crippen MR) is 54.4 cm³/mol. The van der Waals surface area contributed by atoms with Crippen molar-refractivity contribution in [1.82, 2.24) is 0 Å². The van der Waals surface area contributed by atoms with E-state index in [-0.39, 0.29) is 0 Å². The van der Waals surface area contributed by atoms with E-state index in [4.69, 9.17) is 11.1 Å². The van der Waals surface area contributed by atoms with Crippen LogP contribution < -0.4 is 11.7 Å². The minimum atomic E-state index is 0.944. The van der Waals surface area contributed by atoms with Crippen LogP contribution in [0.15, 0.2) is 49.5 Å². The smallest absolute Gasteiger partial charge is 0.156 e. The van der Waals surface area contributed by atoms with E-state index in [1.165, 1.54) is 0 Å². The van der Waals surface area contributed by atoms with Crippen molar-refractivity contribution in [1.29, 1.82) is 11.1 Å². The summed E-state index contributed by atoms with van der Waals surface area (Å²) in [6.45, 7) is 0. The fraction of sp³-hybridized carbons (Fsp3) is 0. The first-order valence-corrected chi connectivity index (χ1v) is 3.47. The maximum atomic E-state index is 6.00. The highest BCUT2D eigenvalue weighted by Gasteiger charge is 1.58. The first kappa shape index (κ1) is 14.9. The number of nitrogens with zero attached hydrogens (tertiary/aromatic N) is 4. The Kier molecular flexibility index (Phi) is 17.4. The number of rotatable bonds is 2. The Bertz CT molecular complexity index is 233. The van der Waals surface area contributed by atoms with Crippen molar-refractivity contribution in [2.75, 3.05) is 0 Å². The van der Waals surface area contributed by atoms with Crippen LogP contribution in [0.5, 0.6) is 0 Å². The molecule has 0 bridgehead atoms. The largest absolute Gasteiger partial charge is 0.473 e. The van der Waals surface area contributed by atoms with Crippen LogP contribution in [-0.2, 0) is 0 Å². The lowest BCUT2D eigenvalue weighted by atomic mass is 10.7. The summed E-state index contributed by atoms with van der Waals surface area (Å²) in [6.07, 6.45) is 5.14. The normalized spacial score (nSPS) is 8.53. The van der Waals surface area contributed by atoms with Gasteiger partial charge in [0.05, 0.1) is 12.5 Å². The summed E-state index contributed by atoms with van der Waals surface area (Å²) >= 11 is 0. The molecule has 9 heteroatoms. The third-order valence-electron chi connectivity index (χ3n) is 0.674. The Morgan fingerprint density at radius 2 is 1.33 bits per heavy atom. The van der Waals surface area contributed by atoms with Gasteiger partial charge in [-0.05, 0) is 12.1 Å². The number of furan rings is 1. The molecular formula is C6H12N8O. The molecule has 1 aromatic rings. The number of nitrogens with two attached hydrogens (primary N) is 2. The summed E-state index contributed by atoms with van der Waals surface area (Å²) in [7, 11) is 0. The first-order chi connectivity index (χ1) is 7.33. The predicted octanol–water partition coefficient (Wildman–Crippen LogP) is 1.12. The molecule has 6 N–H and O–H groups in total. The van der Waals surface area contributed by atoms with E-state index >= 15 is 0 Å². The molecule has 0 saturated heterocycles. The molecule has 1 rings (SSSR count). The van der Waals surface area contributed by atoms with Crippen molar-refractivity contribution in [2.24, 2.45) is 32.1 Å². The molecule has 0 atom stereocenters. The van der Waals surface area contributed by atoms with E-state index in [2.05, 4.69) is 36.5 Å². The third kappa shape index (κ3) is 24.6. The van der Waals surface area contributed by atoms with E-state index in [1.54, 1.807) is 12.5 Å². The minimum Gasteiger partial charge on any atom is -0.473 e. The fourth-order valence-corrected chi connectivity index (χ4v) is 0.293. The average Bonchev–Trinajstić information content (AvgIpc) is 2.79. The van der Waals surface area contributed by atoms with Crippen molar-refractivity contribution in [3.63, 3.8) is 0 Å². The van der Waals surface area contributed by atoms with Crippen molar-refractivity contribution in [2.45, 2.75) is 0 Å². The molecule has 0 amide bonds. The Morgan fingerprint density at radius 1 is 0.933 bits per heavy atom. The second-order valence-corrected chi connectivity index (χ2v) is 1.58. The van der Waals surface area contributed by atoms with Crippen LogP contribution in [0.1, 0.15) is 0 Å². The zero-order chi connectivity index (χ0) is 11.8. The van der Waals surface area contributed by atoms with Crippen LogP contribution in [0.25, 0.3) is 0 Å². The highest BCUT2D eigenvalue weighted by atomic mass is 16.3. The van der Waals surface area contributed by atoms with E-state index in [0.29, 0.717) is 0 Å². The van der Waals surface area contributed by atoms with Crippen LogP contribution in [0.3, 0.4) is 0 Å². The first-order valence-electron chi connectivity index (χ1n) is 3.47. The van der Waals surface area contributed by atoms with Gasteiger partial charge < -0.3 is 16.1 Å². The molecule has 82 valence electrons.